The molecular formula is C12H15BrO. The van der Waals surface area contributed by atoms with Gasteiger partial charge in [-0.2, -0.15) is 0 Å². The Kier molecular flexibility index (Phi) is 3.12. The fourth-order valence-corrected chi connectivity index (χ4v) is 2.16. The predicted octanol–water partition coefficient (Wildman–Crippen LogP) is 3.73. The van der Waals surface area contributed by atoms with Crippen LogP contribution in [-0.4, -0.2) is 11.4 Å². The third-order valence-corrected chi connectivity index (χ3v) is 3.17. The van der Waals surface area contributed by atoms with E-state index in [1.54, 1.807) is 0 Å². The number of alkyl halides is 1. The molecule has 2 unspecified atom stereocenters. The summed E-state index contributed by atoms with van der Waals surface area (Å²) < 4.78 is 5.63. The van der Waals surface area contributed by atoms with Crippen LogP contribution in [0.2, 0.25) is 0 Å². The Morgan fingerprint density at radius 1 is 1.50 bits per heavy atom. The van der Waals surface area contributed by atoms with E-state index in [1.165, 1.54) is 18.4 Å². The van der Waals surface area contributed by atoms with Crippen LogP contribution < -0.4 is 4.74 Å². The smallest absolute Gasteiger partial charge is 0.122 e. The second-order valence-electron chi connectivity index (χ2n) is 3.90. The Morgan fingerprint density at radius 2 is 2.29 bits per heavy atom. The standard InChI is InChI=1S/C12H15BrO/c1-9(13)6-7-10-8-14-12-5-3-2-4-11(10)12/h2-5,9-10H,6-8H2,1H3. The van der Waals surface area contributed by atoms with Gasteiger partial charge >= 0.3 is 0 Å². The van der Waals surface area contributed by atoms with E-state index in [9.17, 15) is 0 Å². The quantitative estimate of drug-likeness (QED) is 0.748. The van der Waals surface area contributed by atoms with E-state index in [2.05, 4.69) is 41.1 Å². The molecule has 2 heteroatoms. The molecule has 0 N–H and O–H groups in total. The van der Waals surface area contributed by atoms with Crippen LogP contribution in [0.25, 0.3) is 0 Å². The van der Waals surface area contributed by atoms with E-state index in [0.29, 0.717) is 10.7 Å². The minimum atomic E-state index is 0.603. The van der Waals surface area contributed by atoms with E-state index in [-0.39, 0.29) is 0 Å². The topological polar surface area (TPSA) is 9.23 Å². The van der Waals surface area contributed by atoms with Crippen molar-refractivity contribution in [3.8, 4) is 5.75 Å². The molecule has 76 valence electrons. The number of hydrogen-bond donors (Lipinski definition) is 0. The van der Waals surface area contributed by atoms with Crippen LogP contribution >= 0.6 is 15.9 Å². The van der Waals surface area contributed by atoms with Gasteiger partial charge in [-0.15, -0.1) is 0 Å². The van der Waals surface area contributed by atoms with Gasteiger partial charge in [0.1, 0.15) is 5.75 Å². The molecule has 0 saturated carbocycles. The summed E-state index contributed by atoms with van der Waals surface area (Å²) in [6, 6.07) is 8.38. The van der Waals surface area contributed by atoms with E-state index in [0.717, 1.165) is 12.4 Å². The lowest BCUT2D eigenvalue weighted by Crippen LogP contribution is -2.03. The first-order chi connectivity index (χ1) is 6.77. The Hall–Kier alpha value is -0.500. The second-order valence-corrected chi connectivity index (χ2v) is 5.47. The minimum absolute atomic E-state index is 0.603. The summed E-state index contributed by atoms with van der Waals surface area (Å²) in [6.07, 6.45) is 2.42. The van der Waals surface area contributed by atoms with Crippen molar-refractivity contribution in [2.75, 3.05) is 6.61 Å². The number of ether oxygens (including phenoxy) is 1. The SMILES string of the molecule is CC(Br)CCC1COc2ccccc21. The highest BCUT2D eigenvalue weighted by Gasteiger charge is 2.23. The highest BCUT2D eigenvalue weighted by Crippen LogP contribution is 2.36. The number of hydrogen-bond acceptors (Lipinski definition) is 1. The Bertz CT molecular complexity index is 309. The zero-order chi connectivity index (χ0) is 9.97. The molecule has 1 nitrogen and oxygen atoms in total. The van der Waals surface area contributed by atoms with Gasteiger partial charge in [0.2, 0.25) is 0 Å². The molecule has 0 saturated heterocycles. The Labute approximate surface area is 93.6 Å². The van der Waals surface area contributed by atoms with Gasteiger partial charge in [-0.25, -0.2) is 0 Å². The summed E-state index contributed by atoms with van der Waals surface area (Å²) in [5.74, 6) is 1.69. The van der Waals surface area contributed by atoms with Crippen molar-refractivity contribution in [1.29, 1.82) is 0 Å². The monoisotopic (exact) mass is 254 g/mol. The van der Waals surface area contributed by atoms with Crippen LogP contribution in [0.5, 0.6) is 5.75 Å². The first kappa shape index (κ1) is 10.0. The summed E-state index contributed by atoms with van der Waals surface area (Å²) in [4.78, 5) is 0.607. The van der Waals surface area contributed by atoms with Gasteiger partial charge in [-0.1, -0.05) is 41.1 Å². The van der Waals surface area contributed by atoms with Crippen molar-refractivity contribution in [1.82, 2.24) is 0 Å². The number of para-hydroxylation sites is 1. The molecule has 1 aromatic carbocycles. The van der Waals surface area contributed by atoms with Crippen molar-refractivity contribution in [2.45, 2.75) is 30.5 Å². The summed E-state index contributed by atoms with van der Waals surface area (Å²) >= 11 is 3.58. The first-order valence-corrected chi connectivity index (χ1v) is 6.04. The molecule has 0 fully saturated rings. The van der Waals surface area contributed by atoms with Crippen LogP contribution in [0.3, 0.4) is 0 Å². The molecule has 14 heavy (non-hydrogen) atoms. The number of benzene rings is 1. The summed E-state index contributed by atoms with van der Waals surface area (Å²) in [5.41, 5.74) is 1.39. The van der Waals surface area contributed by atoms with Gasteiger partial charge in [0.25, 0.3) is 0 Å². The fourth-order valence-electron chi connectivity index (χ4n) is 1.90. The van der Waals surface area contributed by atoms with Crippen molar-refractivity contribution in [3.63, 3.8) is 0 Å². The highest BCUT2D eigenvalue weighted by molar-refractivity contribution is 9.09. The lowest BCUT2D eigenvalue weighted by molar-refractivity contribution is 0.323. The van der Waals surface area contributed by atoms with Gasteiger partial charge in [-0.3, -0.25) is 0 Å². The number of rotatable bonds is 3. The maximum absolute atomic E-state index is 5.63. The molecule has 2 rings (SSSR count). The zero-order valence-electron chi connectivity index (χ0n) is 8.37. The van der Waals surface area contributed by atoms with Crippen molar-refractivity contribution < 1.29 is 4.74 Å². The lowest BCUT2D eigenvalue weighted by atomic mass is 9.96. The van der Waals surface area contributed by atoms with Crippen molar-refractivity contribution in [3.05, 3.63) is 29.8 Å². The predicted molar refractivity (Wildman–Crippen MR) is 62.3 cm³/mol. The van der Waals surface area contributed by atoms with E-state index in [4.69, 9.17) is 4.74 Å². The Balaban J connectivity index is 2.03. The van der Waals surface area contributed by atoms with Gasteiger partial charge in [0, 0.05) is 16.3 Å². The van der Waals surface area contributed by atoms with E-state index >= 15 is 0 Å². The average molecular weight is 255 g/mol. The average Bonchev–Trinajstić information content (AvgIpc) is 2.58. The first-order valence-electron chi connectivity index (χ1n) is 5.13. The fraction of sp³-hybridized carbons (Fsp3) is 0.500. The molecule has 0 aliphatic carbocycles. The third kappa shape index (κ3) is 2.11. The molecule has 2 atom stereocenters. The molecule has 1 aromatic rings. The van der Waals surface area contributed by atoms with Crippen LogP contribution in [0.15, 0.2) is 24.3 Å². The number of halogens is 1. The summed E-state index contributed by atoms with van der Waals surface area (Å²) in [5, 5.41) is 0. The van der Waals surface area contributed by atoms with Crippen molar-refractivity contribution in [2.24, 2.45) is 0 Å². The molecule has 1 aliphatic heterocycles. The molecule has 0 bridgehead atoms. The van der Waals surface area contributed by atoms with Gasteiger partial charge < -0.3 is 4.74 Å². The van der Waals surface area contributed by atoms with E-state index in [1.807, 2.05) is 6.07 Å². The minimum Gasteiger partial charge on any atom is -0.493 e. The lowest BCUT2D eigenvalue weighted by Gasteiger charge is -2.09. The van der Waals surface area contributed by atoms with Crippen molar-refractivity contribution >= 4 is 15.9 Å². The molecule has 1 heterocycles. The van der Waals surface area contributed by atoms with E-state index < -0.39 is 0 Å². The summed E-state index contributed by atoms with van der Waals surface area (Å²) in [7, 11) is 0. The maximum Gasteiger partial charge on any atom is 0.122 e. The third-order valence-electron chi connectivity index (χ3n) is 2.71. The normalized spacial score (nSPS) is 21.4. The Morgan fingerprint density at radius 3 is 3.07 bits per heavy atom. The molecule has 1 aliphatic rings. The second kappa shape index (κ2) is 4.35. The molecule has 0 radical (unpaired) electrons. The van der Waals surface area contributed by atoms with Crippen LogP contribution in [-0.2, 0) is 0 Å². The number of fused-ring (bicyclic) bond motifs is 1. The highest BCUT2D eigenvalue weighted by atomic mass is 79.9. The van der Waals surface area contributed by atoms with Crippen LogP contribution in [0, 0.1) is 0 Å². The molecular weight excluding hydrogens is 240 g/mol. The van der Waals surface area contributed by atoms with Gasteiger partial charge in [0.15, 0.2) is 0 Å². The molecule has 0 aromatic heterocycles. The van der Waals surface area contributed by atoms with Gasteiger partial charge in [0.05, 0.1) is 6.61 Å². The molecule has 0 spiro atoms. The van der Waals surface area contributed by atoms with Crippen LogP contribution in [0.1, 0.15) is 31.2 Å². The molecule has 0 amide bonds. The van der Waals surface area contributed by atoms with Gasteiger partial charge in [-0.05, 0) is 18.9 Å². The van der Waals surface area contributed by atoms with Crippen LogP contribution in [0.4, 0.5) is 0 Å². The largest absolute Gasteiger partial charge is 0.493 e. The summed E-state index contributed by atoms with van der Waals surface area (Å²) in [6.45, 7) is 3.06. The zero-order valence-corrected chi connectivity index (χ0v) is 9.96. The maximum atomic E-state index is 5.63.